The molecule has 0 saturated carbocycles. The van der Waals surface area contributed by atoms with Crippen molar-refractivity contribution in [3.63, 3.8) is 0 Å². The van der Waals surface area contributed by atoms with E-state index in [1.54, 1.807) is 0 Å². The third-order valence-electron chi connectivity index (χ3n) is 11.1. The van der Waals surface area contributed by atoms with Crippen LogP contribution in [-0.2, 0) is 0 Å². The Hall–Kier alpha value is -5.76. The number of rotatable bonds is 6. The molecule has 0 fully saturated rings. The van der Waals surface area contributed by atoms with Crippen LogP contribution in [-0.4, -0.2) is 8.07 Å². The lowest BCUT2D eigenvalue weighted by atomic mass is 9.85. The van der Waals surface area contributed by atoms with Gasteiger partial charge in [0.25, 0.3) is 0 Å². The van der Waals surface area contributed by atoms with Crippen LogP contribution in [0.1, 0.15) is 6.92 Å². The predicted molar refractivity (Wildman–Crippen MR) is 221 cm³/mol. The maximum Gasteiger partial charge on any atom is 0.114 e. The Morgan fingerprint density at radius 2 is 0.800 bits per heavy atom. The highest BCUT2D eigenvalue weighted by Crippen LogP contribution is 2.44. The van der Waals surface area contributed by atoms with Crippen LogP contribution in [0.2, 0.25) is 12.6 Å². The summed E-state index contributed by atoms with van der Waals surface area (Å²) in [5.74, 6) is 0. The quantitative estimate of drug-likeness (QED) is 0.124. The topological polar surface area (TPSA) is 0 Å². The predicted octanol–water partition coefficient (Wildman–Crippen LogP) is 12.5. The third-order valence-corrected chi connectivity index (χ3v) is 15.7. The highest BCUT2D eigenvalue weighted by molar-refractivity contribution is 7.01. The summed E-state index contributed by atoms with van der Waals surface area (Å²) in [6.45, 7) is 4.89. The van der Waals surface area contributed by atoms with Crippen molar-refractivity contribution in [2.45, 2.75) is 19.5 Å². The lowest BCUT2D eigenvalue weighted by molar-refractivity contribution is 1.39. The molecule has 0 aromatic heterocycles. The monoisotopic (exact) mass is 654 g/mol. The summed E-state index contributed by atoms with van der Waals surface area (Å²) in [5, 5.41) is 13.3. The number of hydrogen-bond acceptors (Lipinski definition) is 0. The van der Waals surface area contributed by atoms with E-state index in [9.17, 15) is 0 Å². The summed E-state index contributed by atoms with van der Waals surface area (Å²) >= 11 is 0. The standard InChI is InChI=1S/C49H38Si/c1-3-50(2,43-30-29-35-14-5-7-16-39(35)33-43)42-18-12-17-40(32-42)36-23-26-37(27-24-36)48-44-19-8-10-21-46(44)49(47-22-11-9-20-45(47)48)41-28-25-34-13-4-6-15-38(34)31-41/h4-33H,3H2,1-2H3. The summed E-state index contributed by atoms with van der Waals surface area (Å²) in [7, 11) is -1.93. The van der Waals surface area contributed by atoms with Crippen LogP contribution in [0.5, 0.6) is 0 Å². The highest BCUT2D eigenvalue weighted by Gasteiger charge is 2.30. The zero-order valence-corrected chi connectivity index (χ0v) is 29.5. The van der Waals surface area contributed by atoms with E-state index in [1.807, 2.05) is 0 Å². The van der Waals surface area contributed by atoms with E-state index in [0.29, 0.717) is 0 Å². The van der Waals surface area contributed by atoms with Crippen molar-refractivity contribution in [3.05, 3.63) is 182 Å². The lowest BCUT2D eigenvalue weighted by Crippen LogP contribution is -2.55. The molecule has 238 valence electrons. The van der Waals surface area contributed by atoms with Gasteiger partial charge in [-0.1, -0.05) is 206 Å². The van der Waals surface area contributed by atoms with Gasteiger partial charge in [0.1, 0.15) is 8.07 Å². The Morgan fingerprint density at radius 3 is 1.40 bits per heavy atom. The van der Waals surface area contributed by atoms with Crippen molar-refractivity contribution in [2.24, 2.45) is 0 Å². The average Bonchev–Trinajstić information content (AvgIpc) is 3.19. The molecular formula is C49H38Si. The molecule has 0 amide bonds. The van der Waals surface area contributed by atoms with Crippen LogP contribution >= 0.6 is 0 Å². The number of fused-ring (bicyclic) bond motifs is 4. The summed E-state index contributed by atoms with van der Waals surface area (Å²) in [5.41, 5.74) is 7.62. The molecule has 0 nitrogen and oxygen atoms in total. The Bertz CT molecular complexity index is 2650. The van der Waals surface area contributed by atoms with Gasteiger partial charge < -0.3 is 0 Å². The van der Waals surface area contributed by atoms with E-state index in [1.165, 1.54) is 86.8 Å². The normalized spacial score (nSPS) is 12.8. The molecule has 0 radical (unpaired) electrons. The van der Waals surface area contributed by atoms with Gasteiger partial charge in [0.15, 0.2) is 0 Å². The first kappa shape index (κ1) is 30.3. The Labute approximate surface area is 295 Å². The fourth-order valence-electron chi connectivity index (χ4n) is 8.07. The van der Waals surface area contributed by atoms with Gasteiger partial charge in [-0.05, 0) is 82.5 Å². The van der Waals surface area contributed by atoms with E-state index in [2.05, 4.69) is 195 Å². The summed E-state index contributed by atoms with van der Waals surface area (Å²) in [6, 6.07) is 69.0. The van der Waals surface area contributed by atoms with Gasteiger partial charge in [0.05, 0.1) is 0 Å². The third kappa shape index (κ3) is 5.05. The largest absolute Gasteiger partial charge is 0.114 e. The van der Waals surface area contributed by atoms with Crippen molar-refractivity contribution in [2.75, 3.05) is 0 Å². The molecule has 0 bridgehead atoms. The van der Waals surface area contributed by atoms with Gasteiger partial charge in [-0.25, -0.2) is 0 Å². The molecule has 50 heavy (non-hydrogen) atoms. The van der Waals surface area contributed by atoms with Crippen LogP contribution in [0.4, 0.5) is 0 Å². The molecule has 0 heterocycles. The summed E-state index contributed by atoms with van der Waals surface area (Å²) in [4.78, 5) is 0. The van der Waals surface area contributed by atoms with Gasteiger partial charge in [-0.15, -0.1) is 0 Å². The second-order valence-corrected chi connectivity index (χ2v) is 18.3. The van der Waals surface area contributed by atoms with E-state index in [4.69, 9.17) is 0 Å². The van der Waals surface area contributed by atoms with Crippen LogP contribution in [0.15, 0.2) is 182 Å². The van der Waals surface area contributed by atoms with Crippen molar-refractivity contribution < 1.29 is 0 Å². The van der Waals surface area contributed by atoms with E-state index < -0.39 is 8.07 Å². The van der Waals surface area contributed by atoms with Gasteiger partial charge >= 0.3 is 0 Å². The lowest BCUT2D eigenvalue weighted by Gasteiger charge is -2.28. The minimum absolute atomic E-state index is 1.16. The van der Waals surface area contributed by atoms with Crippen LogP contribution < -0.4 is 10.4 Å². The first-order chi connectivity index (χ1) is 24.6. The fraction of sp³-hybridized carbons (Fsp3) is 0.0612. The summed E-state index contributed by atoms with van der Waals surface area (Å²) < 4.78 is 0. The molecule has 1 heteroatoms. The molecule has 9 aromatic rings. The molecule has 1 unspecified atom stereocenters. The molecule has 0 aliphatic carbocycles. The number of hydrogen-bond donors (Lipinski definition) is 0. The van der Waals surface area contributed by atoms with E-state index in [0.717, 1.165) is 6.04 Å². The number of benzene rings is 9. The van der Waals surface area contributed by atoms with Crippen molar-refractivity contribution in [3.8, 4) is 33.4 Å². The second kappa shape index (κ2) is 12.3. The highest BCUT2D eigenvalue weighted by atomic mass is 28.3. The van der Waals surface area contributed by atoms with Crippen molar-refractivity contribution in [1.29, 1.82) is 0 Å². The minimum atomic E-state index is -1.93. The van der Waals surface area contributed by atoms with Crippen LogP contribution in [0, 0.1) is 0 Å². The molecule has 0 aliphatic heterocycles. The molecular weight excluding hydrogens is 617 g/mol. The Balaban J connectivity index is 1.14. The van der Waals surface area contributed by atoms with Crippen molar-refractivity contribution in [1.82, 2.24) is 0 Å². The Kier molecular flexibility index (Phi) is 7.45. The molecule has 9 rings (SSSR count). The van der Waals surface area contributed by atoms with E-state index >= 15 is 0 Å². The molecule has 0 N–H and O–H groups in total. The maximum atomic E-state index is 2.52. The van der Waals surface area contributed by atoms with Gasteiger partial charge in [-0.3, -0.25) is 0 Å². The first-order valence-electron chi connectivity index (χ1n) is 17.7. The molecule has 1 atom stereocenters. The van der Waals surface area contributed by atoms with Gasteiger partial charge in [0.2, 0.25) is 0 Å². The maximum absolute atomic E-state index is 2.52. The Morgan fingerprint density at radius 1 is 0.340 bits per heavy atom. The van der Waals surface area contributed by atoms with Crippen LogP contribution in [0.3, 0.4) is 0 Å². The molecule has 0 saturated heterocycles. The van der Waals surface area contributed by atoms with Gasteiger partial charge in [-0.2, -0.15) is 0 Å². The molecule has 9 aromatic carbocycles. The van der Waals surface area contributed by atoms with Crippen LogP contribution in [0.25, 0.3) is 76.5 Å². The SMILES string of the molecule is CC[Si](C)(c1cccc(-c2ccc(-c3c4ccccc4c(-c4ccc5ccccc5c4)c4ccccc34)cc2)c1)c1ccc2ccccc2c1. The summed E-state index contributed by atoms with van der Waals surface area (Å²) in [6.07, 6.45) is 0. The molecule has 0 aliphatic rings. The molecule has 0 spiro atoms. The average molecular weight is 655 g/mol. The zero-order chi connectivity index (χ0) is 33.7. The van der Waals surface area contributed by atoms with Gasteiger partial charge in [0, 0.05) is 0 Å². The second-order valence-electron chi connectivity index (χ2n) is 13.8. The smallest absolute Gasteiger partial charge is 0.0672 e. The van der Waals surface area contributed by atoms with E-state index in [-0.39, 0.29) is 0 Å². The fourth-order valence-corrected chi connectivity index (χ4v) is 11.1. The first-order valence-corrected chi connectivity index (χ1v) is 20.4. The zero-order valence-electron chi connectivity index (χ0n) is 28.5. The van der Waals surface area contributed by atoms with Crippen molar-refractivity contribution >= 4 is 61.5 Å². The minimum Gasteiger partial charge on any atom is -0.0672 e.